The van der Waals surface area contributed by atoms with Crippen LogP contribution in [0.25, 0.3) is 5.69 Å². The summed E-state index contributed by atoms with van der Waals surface area (Å²) in [4.78, 5) is 12.1. The molecule has 1 saturated heterocycles. The Bertz CT molecular complexity index is 648. The first-order valence-corrected chi connectivity index (χ1v) is 6.70. The summed E-state index contributed by atoms with van der Waals surface area (Å²) < 4.78 is 1.54. The fourth-order valence-electron chi connectivity index (χ4n) is 2.35. The van der Waals surface area contributed by atoms with Gasteiger partial charge in [0.1, 0.15) is 6.33 Å². The molecule has 2 atom stereocenters. The van der Waals surface area contributed by atoms with Crippen molar-refractivity contribution in [1.82, 2.24) is 25.5 Å². The molecule has 3 rings (SSSR count). The first-order chi connectivity index (χ1) is 10.1. The molecule has 9 heteroatoms. The summed E-state index contributed by atoms with van der Waals surface area (Å²) in [6, 6.07) is 5.17. The number of aromatic nitrogens is 4. The number of aliphatic hydroxyl groups is 1. The highest BCUT2D eigenvalue weighted by Gasteiger charge is 2.28. The summed E-state index contributed by atoms with van der Waals surface area (Å²) in [5, 5.41) is 26.3. The van der Waals surface area contributed by atoms with Gasteiger partial charge >= 0.3 is 0 Å². The standard InChI is InChI=1S/C13H16N6O2.ClH/c1-8-2-3-9(4-12(8)19-7-15-17-18-19)16-13(21)11-5-10(20)6-14-11;/h2-4,7,10-11,14,20H,5-6H2,1H3,(H,16,21);1H. The molecule has 118 valence electrons. The summed E-state index contributed by atoms with van der Waals surface area (Å²) >= 11 is 0. The van der Waals surface area contributed by atoms with E-state index in [-0.39, 0.29) is 24.4 Å². The number of aryl methyl sites for hydroxylation is 1. The highest BCUT2D eigenvalue weighted by molar-refractivity contribution is 5.95. The van der Waals surface area contributed by atoms with Gasteiger partial charge < -0.3 is 15.7 Å². The Balaban J connectivity index is 0.00000176. The van der Waals surface area contributed by atoms with E-state index < -0.39 is 6.10 Å². The van der Waals surface area contributed by atoms with Crippen LogP contribution in [0.15, 0.2) is 24.5 Å². The minimum absolute atomic E-state index is 0. The monoisotopic (exact) mass is 324 g/mol. The van der Waals surface area contributed by atoms with Gasteiger partial charge in [-0.25, -0.2) is 4.68 Å². The number of benzene rings is 1. The van der Waals surface area contributed by atoms with E-state index in [4.69, 9.17) is 0 Å². The van der Waals surface area contributed by atoms with Gasteiger partial charge in [-0.2, -0.15) is 0 Å². The van der Waals surface area contributed by atoms with Crippen molar-refractivity contribution in [2.75, 3.05) is 11.9 Å². The van der Waals surface area contributed by atoms with Crippen LogP contribution in [-0.2, 0) is 4.79 Å². The van der Waals surface area contributed by atoms with Crippen LogP contribution in [-0.4, -0.2) is 49.9 Å². The van der Waals surface area contributed by atoms with Crippen molar-refractivity contribution in [2.45, 2.75) is 25.5 Å². The van der Waals surface area contributed by atoms with E-state index >= 15 is 0 Å². The molecular formula is C13H17ClN6O2. The smallest absolute Gasteiger partial charge is 0.241 e. The van der Waals surface area contributed by atoms with Crippen LogP contribution in [0.1, 0.15) is 12.0 Å². The van der Waals surface area contributed by atoms with Gasteiger partial charge in [-0.3, -0.25) is 4.79 Å². The molecule has 3 N–H and O–H groups in total. The zero-order chi connectivity index (χ0) is 14.8. The summed E-state index contributed by atoms with van der Waals surface area (Å²) in [5.41, 5.74) is 2.46. The first-order valence-electron chi connectivity index (χ1n) is 6.70. The second-order valence-corrected chi connectivity index (χ2v) is 5.10. The van der Waals surface area contributed by atoms with Crippen molar-refractivity contribution in [2.24, 2.45) is 0 Å². The van der Waals surface area contributed by atoms with E-state index in [9.17, 15) is 9.90 Å². The van der Waals surface area contributed by atoms with Crippen molar-refractivity contribution in [3.05, 3.63) is 30.1 Å². The maximum absolute atomic E-state index is 12.1. The quantitative estimate of drug-likeness (QED) is 0.737. The van der Waals surface area contributed by atoms with E-state index in [1.807, 2.05) is 25.1 Å². The molecule has 1 amide bonds. The minimum Gasteiger partial charge on any atom is -0.392 e. The topological polar surface area (TPSA) is 105 Å². The van der Waals surface area contributed by atoms with E-state index in [0.29, 0.717) is 18.7 Å². The number of tetrazole rings is 1. The van der Waals surface area contributed by atoms with Crippen LogP contribution in [0, 0.1) is 6.92 Å². The van der Waals surface area contributed by atoms with E-state index in [2.05, 4.69) is 26.2 Å². The molecular weight excluding hydrogens is 308 g/mol. The molecule has 2 aromatic rings. The number of rotatable bonds is 3. The van der Waals surface area contributed by atoms with Gasteiger partial charge in [-0.15, -0.1) is 17.5 Å². The van der Waals surface area contributed by atoms with Gasteiger partial charge in [0.25, 0.3) is 0 Å². The number of amides is 1. The SMILES string of the molecule is Cc1ccc(NC(=O)C2CC(O)CN2)cc1-n1cnnn1.Cl. The zero-order valence-corrected chi connectivity index (χ0v) is 12.7. The number of carbonyl (C=O) groups excluding carboxylic acids is 1. The second kappa shape index (κ2) is 6.82. The molecule has 1 aromatic carbocycles. The molecule has 8 nitrogen and oxygen atoms in total. The Labute approximate surface area is 133 Å². The molecule has 0 aliphatic carbocycles. The van der Waals surface area contributed by atoms with E-state index in [0.717, 1.165) is 11.3 Å². The Kier molecular flexibility index (Phi) is 5.07. The van der Waals surface area contributed by atoms with Crippen LogP contribution in [0.5, 0.6) is 0 Å². The van der Waals surface area contributed by atoms with Crippen LogP contribution in [0.3, 0.4) is 0 Å². The molecule has 2 heterocycles. The Morgan fingerprint density at radius 2 is 2.32 bits per heavy atom. The highest BCUT2D eigenvalue weighted by Crippen LogP contribution is 2.19. The average molecular weight is 325 g/mol. The third kappa shape index (κ3) is 3.41. The maximum Gasteiger partial charge on any atom is 0.241 e. The first kappa shape index (κ1) is 16.3. The Morgan fingerprint density at radius 3 is 2.95 bits per heavy atom. The molecule has 2 unspecified atom stereocenters. The minimum atomic E-state index is -0.462. The molecule has 1 aliphatic rings. The zero-order valence-electron chi connectivity index (χ0n) is 11.9. The predicted octanol–water partition coefficient (Wildman–Crippen LogP) is 0.0538. The lowest BCUT2D eigenvalue weighted by Gasteiger charge is -2.13. The van der Waals surface area contributed by atoms with Crippen molar-refractivity contribution in [1.29, 1.82) is 0 Å². The number of nitrogens with one attached hydrogen (secondary N) is 2. The summed E-state index contributed by atoms with van der Waals surface area (Å²) in [6.07, 6.45) is 1.47. The second-order valence-electron chi connectivity index (χ2n) is 5.10. The predicted molar refractivity (Wildman–Crippen MR) is 82.2 cm³/mol. The lowest BCUT2D eigenvalue weighted by Crippen LogP contribution is -2.35. The van der Waals surface area contributed by atoms with Crippen LogP contribution < -0.4 is 10.6 Å². The van der Waals surface area contributed by atoms with Crippen LogP contribution in [0.2, 0.25) is 0 Å². The van der Waals surface area contributed by atoms with Gasteiger partial charge in [0.2, 0.25) is 5.91 Å². The van der Waals surface area contributed by atoms with Gasteiger partial charge in [0.05, 0.1) is 17.8 Å². The number of nitrogens with zero attached hydrogens (tertiary/aromatic N) is 4. The van der Waals surface area contributed by atoms with E-state index in [1.54, 1.807) is 4.68 Å². The molecule has 0 radical (unpaired) electrons. The Hall–Kier alpha value is -2.03. The van der Waals surface area contributed by atoms with Gasteiger partial charge in [0, 0.05) is 12.2 Å². The molecule has 0 saturated carbocycles. The summed E-state index contributed by atoms with van der Waals surface area (Å²) in [6.45, 7) is 2.39. The number of halogens is 1. The third-order valence-electron chi connectivity index (χ3n) is 3.50. The van der Waals surface area contributed by atoms with Crippen LogP contribution >= 0.6 is 12.4 Å². The number of hydrogen-bond donors (Lipinski definition) is 3. The summed E-state index contributed by atoms with van der Waals surface area (Å²) in [7, 11) is 0. The number of aliphatic hydroxyl groups excluding tert-OH is 1. The van der Waals surface area contributed by atoms with Crippen molar-refractivity contribution >= 4 is 24.0 Å². The maximum atomic E-state index is 12.1. The van der Waals surface area contributed by atoms with Crippen LogP contribution in [0.4, 0.5) is 5.69 Å². The fraction of sp³-hybridized carbons (Fsp3) is 0.385. The number of hydrogen-bond acceptors (Lipinski definition) is 6. The molecule has 1 aliphatic heterocycles. The summed E-state index contributed by atoms with van der Waals surface area (Å²) in [5.74, 6) is -0.155. The fourth-order valence-corrected chi connectivity index (χ4v) is 2.35. The lowest BCUT2D eigenvalue weighted by molar-refractivity contribution is -0.117. The molecule has 1 fully saturated rings. The third-order valence-corrected chi connectivity index (χ3v) is 3.50. The number of carbonyl (C=O) groups is 1. The largest absolute Gasteiger partial charge is 0.392 e. The molecule has 0 spiro atoms. The van der Waals surface area contributed by atoms with Crippen molar-refractivity contribution < 1.29 is 9.90 Å². The number of β-amino-alcohol motifs (C(OH)–C–C–N with tert-alkyl or cyclic N) is 1. The molecule has 22 heavy (non-hydrogen) atoms. The van der Waals surface area contributed by atoms with Gasteiger partial charge in [-0.05, 0) is 41.5 Å². The van der Waals surface area contributed by atoms with Crippen molar-refractivity contribution in [3.63, 3.8) is 0 Å². The Morgan fingerprint density at radius 1 is 1.50 bits per heavy atom. The lowest BCUT2D eigenvalue weighted by atomic mass is 10.1. The normalized spacial score (nSPS) is 20.5. The molecule has 1 aromatic heterocycles. The average Bonchev–Trinajstić information content (AvgIpc) is 3.12. The van der Waals surface area contributed by atoms with Crippen molar-refractivity contribution in [3.8, 4) is 5.69 Å². The van der Waals surface area contributed by atoms with E-state index in [1.165, 1.54) is 6.33 Å². The molecule has 0 bridgehead atoms. The van der Waals surface area contributed by atoms with Gasteiger partial charge in [0.15, 0.2) is 0 Å². The highest BCUT2D eigenvalue weighted by atomic mass is 35.5. The number of anilines is 1. The van der Waals surface area contributed by atoms with Gasteiger partial charge in [-0.1, -0.05) is 6.07 Å².